The van der Waals surface area contributed by atoms with Crippen LogP contribution in [-0.2, 0) is 0 Å². The summed E-state index contributed by atoms with van der Waals surface area (Å²) in [5.74, 6) is 0.677. The molecule has 1 aromatic heterocycles. The van der Waals surface area contributed by atoms with Gasteiger partial charge in [0, 0.05) is 5.02 Å². The first-order valence-electron chi connectivity index (χ1n) is 6.58. The Balaban J connectivity index is 2.46. The van der Waals surface area contributed by atoms with Crippen LogP contribution in [0.1, 0.15) is 38.6 Å². The summed E-state index contributed by atoms with van der Waals surface area (Å²) in [4.78, 5) is 19.4. The number of nitrogens with one attached hydrogen (secondary N) is 2. The summed E-state index contributed by atoms with van der Waals surface area (Å²) in [6.45, 7) is 5.07. The van der Waals surface area contributed by atoms with Crippen LogP contribution in [0, 0.1) is 0 Å². The highest BCUT2D eigenvalue weighted by Crippen LogP contribution is 2.17. The van der Waals surface area contributed by atoms with Crippen molar-refractivity contribution < 1.29 is 0 Å². The normalized spacial score (nSPS) is 12.8. The summed E-state index contributed by atoms with van der Waals surface area (Å²) < 4.78 is 0. The van der Waals surface area contributed by atoms with Crippen LogP contribution in [0.4, 0.5) is 0 Å². The number of aromatic amines is 1. The Morgan fingerprint density at radius 3 is 2.89 bits per heavy atom. The summed E-state index contributed by atoms with van der Waals surface area (Å²) >= 11 is 5.95. The number of nitrogens with zero attached hydrogens (tertiary/aromatic N) is 1. The van der Waals surface area contributed by atoms with Gasteiger partial charge in [-0.15, -0.1) is 0 Å². The van der Waals surface area contributed by atoms with Crippen molar-refractivity contribution in [2.24, 2.45) is 0 Å². The predicted molar refractivity (Wildman–Crippen MR) is 78.7 cm³/mol. The van der Waals surface area contributed by atoms with Crippen molar-refractivity contribution in [1.29, 1.82) is 0 Å². The Bertz CT molecular complexity index is 624. The molecule has 2 aromatic rings. The van der Waals surface area contributed by atoms with Gasteiger partial charge in [0.25, 0.3) is 5.56 Å². The zero-order chi connectivity index (χ0) is 13.8. The molecule has 19 heavy (non-hydrogen) atoms. The Morgan fingerprint density at radius 2 is 2.21 bits per heavy atom. The molecule has 0 aliphatic heterocycles. The van der Waals surface area contributed by atoms with E-state index in [2.05, 4.69) is 29.1 Å². The van der Waals surface area contributed by atoms with E-state index in [1.54, 1.807) is 18.2 Å². The highest BCUT2D eigenvalue weighted by atomic mass is 35.5. The number of hydrogen-bond donors (Lipinski definition) is 2. The third-order valence-corrected chi connectivity index (χ3v) is 3.30. The van der Waals surface area contributed by atoms with Gasteiger partial charge >= 0.3 is 0 Å². The molecule has 0 aliphatic carbocycles. The van der Waals surface area contributed by atoms with Crippen LogP contribution >= 0.6 is 11.6 Å². The van der Waals surface area contributed by atoms with Crippen molar-refractivity contribution in [3.8, 4) is 0 Å². The summed E-state index contributed by atoms with van der Waals surface area (Å²) in [7, 11) is 0. The molecule has 4 nitrogen and oxygen atoms in total. The molecule has 1 atom stereocenters. The molecule has 0 fully saturated rings. The van der Waals surface area contributed by atoms with Crippen molar-refractivity contribution in [2.75, 3.05) is 6.54 Å². The highest BCUT2D eigenvalue weighted by Gasteiger charge is 2.13. The van der Waals surface area contributed by atoms with Gasteiger partial charge in [0.15, 0.2) is 0 Å². The monoisotopic (exact) mass is 279 g/mol. The molecule has 0 amide bonds. The number of benzene rings is 1. The van der Waals surface area contributed by atoms with E-state index in [0.717, 1.165) is 19.4 Å². The number of halogens is 1. The lowest BCUT2D eigenvalue weighted by Gasteiger charge is -2.15. The summed E-state index contributed by atoms with van der Waals surface area (Å²) in [6, 6.07) is 5.19. The fraction of sp³-hybridized carbons (Fsp3) is 0.429. The first-order chi connectivity index (χ1) is 9.15. The summed E-state index contributed by atoms with van der Waals surface area (Å²) in [5.41, 5.74) is 0.524. The topological polar surface area (TPSA) is 57.8 Å². The lowest BCUT2D eigenvalue weighted by Crippen LogP contribution is -2.26. The van der Waals surface area contributed by atoms with E-state index in [1.165, 1.54) is 0 Å². The van der Waals surface area contributed by atoms with Crippen molar-refractivity contribution in [1.82, 2.24) is 15.3 Å². The van der Waals surface area contributed by atoms with E-state index in [9.17, 15) is 4.79 Å². The van der Waals surface area contributed by atoms with E-state index in [4.69, 9.17) is 11.6 Å². The molecule has 0 unspecified atom stereocenters. The van der Waals surface area contributed by atoms with Crippen molar-refractivity contribution in [3.63, 3.8) is 0 Å². The minimum Gasteiger partial charge on any atom is -0.309 e. The SMILES string of the molecule is CCCN[C@H](CC)c1nc2cc(Cl)ccc2c(=O)[nH]1. The van der Waals surface area contributed by atoms with Crippen LogP contribution in [0.5, 0.6) is 0 Å². The zero-order valence-corrected chi connectivity index (χ0v) is 11.9. The molecular formula is C14H18ClN3O. The van der Waals surface area contributed by atoms with E-state index in [0.29, 0.717) is 21.7 Å². The van der Waals surface area contributed by atoms with Crippen molar-refractivity contribution >= 4 is 22.5 Å². The van der Waals surface area contributed by atoms with Gasteiger partial charge in [-0.1, -0.05) is 25.4 Å². The van der Waals surface area contributed by atoms with E-state index in [1.807, 2.05) is 0 Å². The molecule has 1 heterocycles. The Kier molecular flexibility index (Phi) is 4.56. The number of aromatic nitrogens is 2. The fourth-order valence-electron chi connectivity index (χ4n) is 2.05. The molecule has 0 saturated heterocycles. The van der Waals surface area contributed by atoms with Crippen LogP contribution in [0.3, 0.4) is 0 Å². The maximum atomic E-state index is 12.0. The molecule has 2 N–H and O–H groups in total. The Morgan fingerprint density at radius 1 is 1.42 bits per heavy atom. The average Bonchev–Trinajstić information content (AvgIpc) is 2.39. The van der Waals surface area contributed by atoms with Crippen molar-refractivity contribution in [2.45, 2.75) is 32.7 Å². The van der Waals surface area contributed by atoms with Gasteiger partial charge in [0.2, 0.25) is 0 Å². The molecule has 0 bridgehead atoms. The Hall–Kier alpha value is -1.39. The van der Waals surface area contributed by atoms with Gasteiger partial charge < -0.3 is 10.3 Å². The summed E-state index contributed by atoms with van der Waals surface area (Å²) in [5, 5.41) is 4.53. The van der Waals surface area contributed by atoms with Gasteiger partial charge in [0.05, 0.1) is 16.9 Å². The molecule has 0 saturated carbocycles. The van der Waals surface area contributed by atoms with Gasteiger partial charge in [0.1, 0.15) is 5.82 Å². The fourth-order valence-corrected chi connectivity index (χ4v) is 2.21. The van der Waals surface area contributed by atoms with E-state index in [-0.39, 0.29) is 11.6 Å². The predicted octanol–water partition coefficient (Wildman–Crippen LogP) is 3.03. The van der Waals surface area contributed by atoms with Gasteiger partial charge in [-0.25, -0.2) is 4.98 Å². The lowest BCUT2D eigenvalue weighted by molar-refractivity contribution is 0.495. The quantitative estimate of drug-likeness (QED) is 0.884. The van der Waals surface area contributed by atoms with Gasteiger partial charge in [-0.3, -0.25) is 4.79 Å². The standard InChI is InChI=1S/C14H18ClN3O/c1-3-7-16-11(4-2)13-17-12-8-9(15)5-6-10(12)14(19)18-13/h5-6,8,11,16H,3-4,7H2,1-2H3,(H,17,18,19)/t11-/m1/s1. The second-order valence-electron chi connectivity index (χ2n) is 4.53. The second-order valence-corrected chi connectivity index (χ2v) is 4.96. The third kappa shape index (κ3) is 3.14. The molecule has 0 aliphatic rings. The largest absolute Gasteiger partial charge is 0.309 e. The molecular weight excluding hydrogens is 262 g/mol. The smallest absolute Gasteiger partial charge is 0.258 e. The number of rotatable bonds is 5. The maximum Gasteiger partial charge on any atom is 0.258 e. The molecule has 5 heteroatoms. The van der Waals surface area contributed by atoms with Crippen LogP contribution < -0.4 is 10.9 Å². The lowest BCUT2D eigenvalue weighted by atomic mass is 10.2. The second kappa shape index (κ2) is 6.17. The zero-order valence-electron chi connectivity index (χ0n) is 11.2. The molecule has 102 valence electrons. The average molecular weight is 280 g/mol. The third-order valence-electron chi connectivity index (χ3n) is 3.07. The first-order valence-corrected chi connectivity index (χ1v) is 6.96. The van der Waals surface area contributed by atoms with Crippen LogP contribution in [0.15, 0.2) is 23.0 Å². The number of hydrogen-bond acceptors (Lipinski definition) is 3. The molecule has 0 radical (unpaired) electrons. The maximum absolute atomic E-state index is 12.0. The summed E-state index contributed by atoms with van der Waals surface area (Å²) in [6.07, 6.45) is 1.91. The molecule has 2 rings (SSSR count). The van der Waals surface area contributed by atoms with Crippen LogP contribution in [0.2, 0.25) is 5.02 Å². The Labute approximate surface area is 117 Å². The number of H-pyrrole nitrogens is 1. The first kappa shape index (κ1) is 14.0. The van der Waals surface area contributed by atoms with Crippen LogP contribution in [-0.4, -0.2) is 16.5 Å². The minimum atomic E-state index is -0.117. The van der Waals surface area contributed by atoms with Gasteiger partial charge in [-0.05, 0) is 37.6 Å². The van der Waals surface area contributed by atoms with E-state index < -0.39 is 0 Å². The number of fused-ring (bicyclic) bond motifs is 1. The van der Waals surface area contributed by atoms with Crippen LogP contribution in [0.25, 0.3) is 10.9 Å². The van der Waals surface area contributed by atoms with Crippen molar-refractivity contribution in [3.05, 3.63) is 39.4 Å². The molecule has 1 aromatic carbocycles. The molecule has 0 spiro atoms. The minimum absolute atomic E-state index is 0.0658. The van der Waals surface area contributed by atoms with E-state index >= 15 is 0 Å². The van der Waals surface area contributed by atoms with Gasteiger partial charge in [-0.2, -0.15) is 0 Å². The highest BCUT2D eigenvalue weighted by molar-refractivity contribution is 6.31.